The molecule has 0 atom stereocenters. The minimum Gasteiger partial charge on any atom is -0.295 e. The first-order valence-electron chi connectivity index (χ1n) is 5.06. The Morgan fingerprint density at radius 3 is 2.17 bits per heavy atom. The van der Waals surface area contributed by atoms with Gasteiger partial charge in [-0.1, -0.05) is 18.6 Å². The Morgan fingerprint density at radius 1 is 1.08 bits per heavy atom. The Labute approximate surface area is 76.5 Å². The van der Waals surface area contributed by atoms with E-state index in [0.717, 1.165) is 0 Å². The molecule has 0 aromatic heterocycles. The summed E-state index contributed by atoms with van der Waals surface area (Å²) in [5.41, 5.74) is 0.273. The second kappa shape index (κ2) is 4.08. The van der Waals surface area contributed by atoms with Crippen LogP contribution in [0.5, 0.6) is 0 Å². The lowest BCUT2D eigenvalue weighted by molar-refractivity contribution is 0.132. The number of allylic oxidation sites excluding steroid dienone is 1. The Morgan fingerprint density at radius 2 is 1.67 bits per heavy atom. The van der Waals surface area contributed by atoms with Crippen molar-refractivity contribution >= 4 is 0 Å². The molecule has 1 rings (SSSR count). The van der Waals surface area contributed by atoms with Gasteiger partial charge < -0.3 is 0 Å². The van der Waals surface area contributed by atoms with E-state index < -0.39 is 0 Å². The van der Waals surface area contributed by atoms with Gasteiger partial charge in [0.1, 0.15) is 0 Å². The number of nitrogens with zero attached hydrogens (tertiary/aromatic N) is 1. The monoisotopic (exact) mass is 167 g/mol. The van der Waals surface area contributed by atoms with E-state index in [1.54, 1.807) is 0 Å². The van der Waals surface area contributed by atoms with E-state index >= 15 is 0 Å². The number of rotatable bonds is 2. The third-order valence-corrected chi connectivity index (χ3v) is 2.75. The van der Waals surface area contributed by atoms with E-state index in [1.165, 1.54) is 32.4 Å². The minimum atomic E-state index is 0.273. The Hall–Kier alpha value is -0.300. The van der Waals surface area contributed by atoms with Crippen molar-refractivity contribution in [1.82, 2.24) is 4.90 Å². The van der Waals surface area contributed by atoms with E-state index in [9.17, 15) is 0 Å². The summed E-state index contributed by atoms with van der Waals surface area (Å²) < 4.78 is 0. The van der Waals surface area contributed by atoms with Crippen LogP contribution < -0.4 is 0 Å². The van der Waals surface area contributed by atoms with Crippen LogP contribution in [0.4, 0.5) is 0 Å². The molecule has 0 unspecified atom stereocenters. The Balaban J connectivity index is 2.53. The lowest BCUT2D eigenvalue weighted by Gasteiger charge is -2.39. The third kappa shape index (κ3) is 2.34. The van der Waals surface area contributed by atoms with E-state index in [-0.39, 0.29) is 5.54 Å². The van der Waals surface area contributed by atoms with Crippen LogP contribution in [0.15, 0.2) is 12.2 Å². The number of piperidine rings is 1. The van der Waals surface area contributed by atoms with Crippen molar-refractivity contribution < 1.29 is 0 Å². The average molecular weight is 167 g/mol. The van der Waals surface area contributed by atoms with Gasteiger partial charge in [0.05, 0.1) is 0 Å². The van der Waals surface area contributed by atoms with Gasteiger partial charge in [-0.25, -0.2) is 0 Å². The lowest BCUT2D eigenvalue weighted by Crippen LogP contribution is -2.45. The molecule has 1 aliphatic rings. The highest BCUT2D eigenvalue weighted by Gasteiger charge is 2.24. The first-order valence-corrected chi connectivity index (χ1v) is 5.06. The van der Waals surface area contributed by atoms with Crippen LogP contribution in [0.3, 0.4) is 0 Å². The van der Waals surface area contributed by atoms with Gasteiger partial charge in [-0.2, -0.15) is 0 Å². The normalized spacial score (nSPS) is 21.9. The maximum absolute atomic E-state index is 2.58. The molecule has 0 aliphatic carbocycles. The molecule has 12 heavy (non-hydrogen) atoms. The van der Waals surface area contributed by atoms with Gasteiger partial charge in [-0.3, -0.25) is 4.90 Å². The van der Waals surface area contributed by atoms with Crippen molar-refractivity contribution in [3.05, 3.63) is 12.2 Å². The maximum atomic E-state index is 2.58. The van der Waals surface area contributed by atoms with Gasteiger partial charge in [-0.15, -0.1) is 0 Å². The molecule has 0 spiro atoms. The fourth-order valence-electron chi connectivity index (χ4n) is 1.98. The molecule has 0 bridgehead atoms. The first kappa shape index (κ1) is 9.79. The molecule has 0 amide bonds. The smallest absolute Gasteiger partial charge is 0.0334 e. The molecule has 0 N–H and O–H groups in total. The van der Waals surface area contributed by atoms with Crippen LogP contribution >= 0.6 is 0 Å². The molecule has 70 valence electrons. The molecule has 1 nitrogen and oxygen atoms in total. The standard InChI is InChI=1S/C11H21N/c1-4-8-11(2,3)12-9-6-5-7-10-12/h4,8H,5-7,9-10H2,1-3H3. The van der Waals surface area contributed by atoms with Crippen LogP contribution in [0.1, 0.15) is 40.0 Å². The molecule has 0 aromatic rings. The zero-order valence-corrected chi connectivity index (χ0v) is 8.64. The number of likely N-dealkylation sites (tertiary alicyclic amines) is 1. The average Bonchev–Trinajstić information content (AvgIpc) is 2.06. The van der Waals surface area contributed by atoms with Crippen LogP contribution in [0, 0.1) is 0 Å². The van der Waals surface area contributed by atoms with Crippen LogP contribution in [-0.4, -0.2) is 23.5 Å². The molecule has 1 fully saturated rings. The molecular formula is C11H21N. The van der Waals surface area contributed by atoms with Crippen LogP contribution in [0.25, 0.3) is 0 Å². The van der Waals surface area contributed by atoms with Crippen molar-refractivity contribution in [2.45, 2.75) is 45.6 Å². The second-order valence-corrected chi connectivity index (χ2v) is 4.20. The van der Waals surface area contributed by atoms with Gasteiger partial charge in [-0.05, 0) is 46.7 Å². The summed E-state index contributed by atoms with van der Waals surface area (Å²) in [5.74, 6) is 0. The third-order valence-electron chi connectivity index (χ3n) is 2.75. The lowest BCUT2D eigenvalue weighted by atomic mass is 9.98. The first-order chi connectivity index (χ1) is 5.67. The summed E-state index contributed by atoms with van der Waals surface area (Å²) in [7, 11) is 0. The van der Waals surface area contributed by atoms with E-state index in [1.807, 2.05) is 0 Å². The predicted molar refractivity (Wildman–Crippen MR) is 54.3 cm³/mol. The van der Waals surface area contributed by atoms with Crippen LogP contribution in [-0.2, 0) is 0 Å². The highest BCUT2D eigenvalue weighted by atomic mass is 15.2. The SMILES string of the molecule is CC=CC(C)(C)N1CCCCC1. The zero-order valence-electron chi connectivity index (χ0n) is 8.64. The Bertz CT molecular complexity index is 152. The van der Waals surface area contributed by atoms with Gasteiger partial charge in [0.2, 0.25) is 0 Å². The topological polar surface area (TPSA) is 3.24 Å². The summed E-state index contributed by atoms with van der Waals surface area (Å²) in [6, 6.07) is 0. The van der Waals surface area contributed by atoms with Crippen molar-refractivity contribution in [3.63, 3.8) is 0 Å². The van der Waals surface area contributed by atoms with Gasteiger partial charge in [0, 0.05) is 5.54 Å². The van der Waals surface area contributed by atoms with Gasteiger partial charge in [0.15, 0.2) is 0 Å². The number of hydrogen-bond acceptors (Lipinski definition) is 1. The molecule has 0 saturated carbocycles. The maximum Gasteiger partial charge on any atom is 0.0334 e. The molecular weight excluding hydrogens is 146 g/mol. The summed E-state index contributed by atoms with van der Waals surface area (Å²) in [6.45, 7) is 9.26. The van der Waals surface area contributed by atoms with E-state index in [2.05, 4.69) is 37.8 Å². The van der Waals surface area contributed by atoms with Crippen LogP contribution in [0.2, 0.25) is 0 Å². The second-order valence-electron chi connectivity index (χ2n) is 4.20. The van der Waals surface area contributed by atoms with Crippen molar-refractivity contribution in [2.24, 2.45) is 0 Å². The highest BCUT2D eigenvalue weighted by molar-refractivity contribution is 5.01. The summed E-state index contributed by atoms with van der Waals surface area (Å²) in [5, 5.41) is 0. The highest BCUT2D eigenvalue weighted by Crippen LogP contribution is 2.21. The molecule has 0 radical (unpaired) electrons. The van der Waals surface area contributed by atoms with Gasteiger partial charge >= 0.3 is 0 Å². The minimum absolute atomic E-state index is 0.273. The molecule has 0 aromatic carbocycles. The summed E-state index contributed by atoms with van der Waals surface area (Å²) in [4.78, 5) is 2.58. The number of hydrogen-bond donors (Lipinski definition) is 0. The van der Waals surface area contributed by atoms with Crippen molar-refractivity contribution in [1.29, 1.82) is 0 Å². The van der Waals surface area contributed by atoms with Crippen molar-refractivity contribution in [3.8, 4) is 0 Å². The fraction of sp³-hybridized carbons (Fsp3) is 0.818. The van der Waals surface area contributed by atoms with Gasteiger partial charge in [0.25, 0.3) is 0 Å². The molecule has 1 saturated heterocycles. The molecule has 1 heterocycles. The van der Waals surface area contributed by atoms with Crippen molar-refractivity contribution in [2.75, 3.05) is 13.1 Å². The fourth-order valence-corrected chi connectivity index (χ4v) is 1.98. The summed E-state index contributed by atoms with van der Waals surface area (Å²) >= 11 is 0. The summed E-state index contributed by atoms with van der Waals surface area (Å²) in [6.07, 6.45) is 8.64. The molecule has 1 aliphatic heterocycles. The van der Waals surface area contributed by atoms with E-state index in [4.69, 9.17) is 0 Å². The Kier molecular flexibility index (Phi) is 3.33. The largest absolute Gasteiger partial charge is 0.295 e. The predicted octanol–water partition coefficient (Wildman–Crippen LogP) is 2.83. The quantitative estimate of drug-likeness (QED) is 0.572. The van der Waals surface area contributed by atoms with E-state index in [0.29, 0.717) is 0 Å². The zero-order chi connectivity index (χ0) is 9.03. The molecule has 1 heteroatoms.